The third kappa shape index (κ3) is 1.31. The second-order valence-corrected chi connectivity index (χ2v) is 2.31. The molecule has 0 aliphatic heterocycles. The average Bonchev–Trinajstić information content (AvgIpc) is 2.32. The van der Waals surface area contributed by atoms with E-state index in [9.17, 15) is 4.79 Å². The van der Waals surface area contributed by atoms with Gasteiger partial charge in [0.15, 0.2) is 5.69 Å². The van der Waals surface area contributed by atoms with E-state index in [-0.39, 0.29) is 5.69 Å². The van der Waals surface area contributed by atoms with Gasteiger partial charge < -0.3 is 15.2 Å². The Labute approximate surface area is 63.8 Å². The van der Waals surface area contributed by atoms with Gasteiger partial charge in [0.2, 0.25) is 0 Å². The first-order valence-electron chi connectivity index (χ1n) is 3.04. The second-order valence-electron chi connectivity index (χ2n) is 2.31. The Bertz CT molecular complexity index is 267. The van der Waals surface area contributed by atoms with E-state index >= 15 is 0 Å². The summed E-state index contributed by atoms with van der Waals surface area (Å²) in [6.07, 6.45) is 1.38. The van der Waals surface area contributed by atoms with Crippen molar-refractivity contribution < 1.29 is 9.32 Å². The third-order valence-electron chi connectivity index (χ3n) is 1.27. The highest BCUT2D eigenvalue weighted by molar-refractivity contribution is 5.96. The molecule has 0 aliphatic rings. The van der Waals surface area contributed by atoms with E-state index < -0.39 is 5.91 Å². The van der Waals surface area contributed by atoms with Crippen LogP contribution < -0.4 is 10.6 Å². The van der Waals surface area contributed by atoms with E-state index in [0.717, 1.165) is 0 Å². The summed E-state index contributed by atoms with van der Waals surface area (Å²) in [5.41, 5.74) is 5.77. The molecule has 0 bridgehead atoms. The van der Waals surface area contributed by atoms with Crippen molar-refractivity contribution in [3.8, 4) is 0 Å². The normalized spacial score (nSPS) is 9.64. The zero-order chi connectivity index (χ0) is 8.43. The molecule has 1 heterocycles. The van der Waals surface area contributed by atoms with Crippen LogP contribution in [0.5, 0.6) is 0 Å². The fraction of sp³-hybridized carbons (Fsp3) is 0.333. The molecule has 0 unspecified atom stereocenters. The van der Waals surface area contributed by atoms with Crippen molar-refractivity contribution in [2.24, 2.45) is 5.73 Å². The minimum atomic E-state index is -0.581. The van der Waals surface area contributed by atoms with Gasteiger partial charge in [0.1, 0.15) is 12.0 Å². The number of hydrogen-bond acceptors (Lipinski definition) is 4. The highest BCUT2D eigenvalue weighted by atomic mass is 16.5. The molecule has 0 aromatic carbocycles. The van der Waals surface area contributed by atoms with Crippen molar-refractivity contribution in [1.29, 1.82) is 0 Å². The van der Waals surface area contributed by atoms with E-state index in [4.69, 9.17) is 5.73 Å². The summed E-state index contributed by atoms with van der Waals surface area (Å²) in [5, 5.41) is 3.45. The molecule has 5 heteroatoms. The summed E-state index contributed by atoms with van der Waals surface area (Å²) < 4.78 is 4.58. The molecular weight excluding hydrogens is 146 g/mol. The van der Waals surface area contributed by atoms with Gasteiger partial charge in [0.25, 0.3) is 5.91 Å². The van der Waals surface area contributed by atoms with E-state index in [2.05, 4.69) is 9.68 Å². The van der Waals surface area contributed by atoms with Crippen LogP contribution in [0.2, 0.25) is 0 Å². The quantitative estimate of drug-likeness (QED) is 0.644. The van der Waals surface area contributed by atoms with Crippen molar-refractivity contribution in [1.82, 2.24) is 5.16 Å². The molecule has 0 saturated heterocycles. The number of hydrogen-bond donors (Lipinski definition) is 1. The highest BCUT2D eigenvalue weighted by Gasteiger charge is 2.13. The molecule has 60 valence electrons. The first-order chi connectivity index (χ1) is 5.13. The van der Waals surface area contributed by atoms with Crippen molar-refractivity contribution in [3.05, 3.63) is 12.0 Å². The van der Waals surface area contributed by atoms with E-state index in [1.54, 1.807) is 19.0 Å². The molecule has 1 aromatic rings. The Kier molecular flexibility index (Phi) is 1.80. The van der Waals surface area contributed by atoms with Gasteiger partial charge in [-0.3, -0.25) is 4.79 Å². The van der Waals surface area contributed by atoms with Crippen LogP contribution in [0.1, 0.15) is 10.5 Å². The number of anilines is 1. The highest BCUT2D eigenvalue weighted by Crippen LogP contribution is 2.15. The van der Waals surface area contributed by atoms with Crippen LogP contribution in [-0.4, -0.2) is 25.2 Å². The lowest BCUT2D eigenvalue weighted by molar-refractivity contribution is 0.0992. The molecule has 0 fully saturated rings. The van der Waals surface area contributed by atoms with E-state index in [1.165, 1.54) is 6.26 Å². The number of primary amides is 1. The van der Waals surface area contributed by atoms with Gasteiger partial charge in [0, 0.05) is 14.1 Å². The predicted molar refractivity (Wildman–Crippen MR) is 39.3 cm³/mol. The summed E-state index contributed by atoms with van der Waals surface area (Å²) in [5.74, 6) is -0.581. The summed E-state index contributed by atoms with van der Waals surface area (Å²) >= 11 is 0. The first-order valence-corrected chi connectivity index (χ1v) is 3.04. The Hall–Kier alpha value is -1.52. The predicted octanol–water partition coefficient (Wildman–Crippen LogP) is -0.160. The van der Waals surface area contributed by atoms with Crippen LogP contribution >= 0.6 is 0 Å². The van der Waals surface area contributed by atoms with Crippen LogP contribution in [0.25, 0.3) is 0 Å². The van der Waals surface area contributed by atoms with Gasteiger partial charge in [-0.25, -0.2) is 0 Å². The number of carbonyl (C=O) groups is 1. The average molecular weight is 155 g/mol. The monoisotopic (exact) mass is 155 g/mol. The molecule has 0 spiro atoms. The fourth-order valence-electron chi connectivity index (χ4n) is 0.720. The number of nitrogens with zero attached hydrogens (tertiary/aromatic N) is 2. The van der Waals surface area contributed by atoms with Crippen molar-refractivity contribution in [3.63, 3.8) is 0 Å². The standard InChI is InChI=1S/C6H9N3O2/c1-9(2)4-3-11-8-5(4)6(7)10/h3H,1-2H3,(H2,7,10). The summed E-state index contributed by atoms with van der Waals surface area (Å²) in [7, 11) is 3.55. The van der Waals surface area contributed by atoms with Crippen LogP contribution in [-0.2, 0) is 0 Å². The SMILES string of the molecule is CN(C)c1conc1C(N)=O. The molecule has 1 aromatic heterocycles. The maximum atomic E-state index is 10.7. The Balaban J connectivity index is 3.06. The van der Waals surface area contributed by atoms with Gasteiger partial charge in [-0.05, 0) is 0 Å². The Morgan fingerprint density at radius 3 is 2.73 bits per heavy atom. The number of aromatic nitrogens is 1. The minimum Gasteiger partial charge on any atom is -0.373 e. The molecule has 0 atom stereocenters. The number of carbonyl (C=O) groups excluding carboxylic acids is 1. The molecule has 1 rings (SSSR count). The second kappa shape index (κ2) is 2.61. The molecule has 11 heavy (non-hydrogen) atoms. The topological polar surface area (TPSA) is 72.4 Å². The van der Waals surface area contributed by atoms with E-state index in [1.807, 2.05) is 0 Å². The molecule has 1 amide bonds. The largest absolute Gasteiger partial charge is 0.373 e. The molecule has 0 radical (unpaired) electrons. The van der Waals surface area contributed by atoms with Gasteiger partial charge in [0.05, 0.1) is 0 Å². The lowest BCUT2D eigenvalue weighted by Gasteiger charge is -2.07. The summed E-state index contributed by atoms with van der Waals surface area (Å²) in [6.45, 7) is 0. The lowest BCUT2D eigenvalue weighted by atomic mass is 10.3. The Morgan fingerprint density at radius 1 is 1.73 bits per heavy atom. The van der Waals surface area contributed by atoms with Gasteiger partial charge in [-0.15, -0.1) is 0 Å². The maximum Gasteiger partial charge on any atom is 0.273 e. The maximum absolute atomic E-state index is 10.7. The van der Waals surface area contributed by atoms with Crippen LogP contribution in [0.4, 0.5) is 5.69 Å². The zero-order valence-electron chi connectivity index (χ0n) is 6.37. The summed E-state index contributed by atoms with van der Waals surface area (Å²) in [6, 6.07) is 0. The van der Waals surface area contributed by atoms with Crippen molar-refractivity contribution >= 4 is 11.6 Å². The van der Waals surface area contributed by atoms with Crippen LogP contribution in [0.3, 0.4) is 0 Å². The molecule has 5 nitrogen and oxygen atoms in total. The van der Waals surface area contributed by atoms with Gasteiger partial charge in [-0.1, -0.05) is 5.16 Å². The van der Waals surface area contributed by atoms with Crippen molar-refractivity contribution in [2.75, 3.05) is 19.0 Å². The molecule has 0 aliphatic carbocycles. The lowest BCUT2D eigenvalue weighted by Crippen LogP contribution is -2.17. The van der Waals surface area contributed by atoms with Gasteiger partial charge in [-0.2, -0.15) is 0 Å². The molecular formula is C6H9N3O2. The van der Waals surface area contributed by atoms with Crippen LogP contribution in [0.15, 0.2) is 10.8 Å². The first kappa shape index (κ1) is 7.59. The Morgan fingerprint density at radius 2 is 2.36 bits per heavy atom. The third-order valence-corrected chi connectivity index (χ3v) is 1.27. The van der Waals surface area contributed by atoms with Crippen molar-refractivity contribution in [2.45, 2.75) is 0 Å². The number of rotatable bonds is 2. The van der Waals surface area contributed by atoms with Gasteiger partial charge >= 0.3 is 0 Å². The fourth-order valence-corrected chi connectivity index (χ4v) is 0.720. The zero-order valence-corrected chi connectivity index (χ0v) is 6.37. The van der Waals surface area contributed by atoms with E-state index in [0.29, 0.717) is 5.69 Å². The molecule has 0 saturated carbocycles. The molecule has 2 N–H and O–H groups in total. The number of nitrogens with two attached hydrogens (primary N) is 1. The summed E-state index contributed by atoms with van der Waals surface area (Å²) in [4.78, 5) is 12.4. The minimum absolute atomic E-state index is 0.162. The van der Waals surface area contributed by atoms with Crippen LogP contribution in [0, 0.1) is 0 Å². The smallest absolute Gasteiger partial charge is 0.273 e. The number of amides is 1.